The van der Waals surface area contributed by atoms with Crippen LogP contribution in [0.2, 0.25) is 0 Å². The van der Waals surface area contributed by atoms with Crippen molar-refractivity contribution in [1.29, 1.82) is 0 Å². The molecule has 1 N–H and O–H groups in total. The molecule has 2 rings (SSSR count). The van der Waals surface area contributed by atoms with E-state index in [-0.39, 0.29) is 17.5 Å². The van der Waals surface area contributed by atoms with Crippen molar-refractivity contribution in [2.75, 3.05) is 13.6 Å². The van der Waals surface area contributed by atoms with Crippen LogP contribution >= 0.6 is 0 Å². The number of halogens is 1. The second-order valence-corrected chi connectivity index (χ2v) is 6.17. The highest BCUT2D eigenvalue weighted by atomic mass is 19.1. The third-order valence-electron chi connectivity index (χ3n) is 3.76. The molecule has 2 aromatic rings. The van der Waals surface area contributed by atoms with Crippen molar-refractivity contribution in [2.45, 2.75) is 25.9 Å². The molecule has 0 bridgehead atoms. The maximum atomic E-state index is 12.9. The molecular weight excluding hydrogens is 309 g/mol. The fraction of sp³-hybridized carbons (Fsp3) is 0.316. The van der Waals surface area contributed by atoms with Gasteiger partial charge in [-0.05, 0) is 56.2 Å². The lowest BCUT2D eigenvalue weighted by Gasteiger charge is -2.30. The van der Waals surface area contributed by atoms with Crippen LogP contribution in [0.1, 0.15) is 19.4 Å². The van der Waals surface area contributed by atoms with E-state index in [0.717, 1.165) is 5.56 Å². The van der Waals surface area contributed by atoms with Crippen LogP contribution in [-0.2, 0) is 11.2 Å². The van der Waals surface area contributed by atoms with Gasteiger partial charge in [-0.1, -0.05) is 18.2 Å². The van der Waals surface area contributed by atoms with Gasteiger partial charge >= 0.3 is 0 Å². The van der Waals surface area contributed by atoms with Crippen LogP contribution in [0.5, 0.6) is 11.5 Å². The molecule has 0 fully saturated rings. The first-order valence-corrected chi connectivity index (χ1v) is 7.76. The van der Waals surface area contributed by atoms with Gasteiger partial charge < -0.3 is 14.7 Å². The minimum Gasteiger partial charge on any atom is -0.508 e. The molecule has 4 nitrogen and oxygen atoms in total. The zero-order chi connectivity index (χ0) is 17.7. The zero-order valence-electron chi connectivity index (χ0n) is 14.1. The number of aromatic hydroxyl groups is 1. The fourth-order valence-corrected chi connectivity index (χ4v) is 2.41. The zero-order valence-corrected chi connectivity index (χ0v) is 14.1. The Bertz CT molecular complexity index is 698. The van der Waals surface area contributed by atoms with E-state index in [2.05, 4.69) is 0 Å². The molecule has 24 heavy (non-hydrogen) atoms. The number of rotatable bonds is 6. The van der Waals surface area contributed by atoms with E-state index in [0.29, 0.717) is 18.7 Å². The lowest BCUT2D eigenvalue weighted by atomic mass is 10.1. The van der Waals surface area contributed by atoms with Gasteiger partial charge in [-0.15, -0.1) is 0 Å². The molecule has 0 aliphatic heterocycles. The summed E-state index contributed by atoms with van der Waals surface area (Å²) in [6.07, 6.45) is 0.543. The summed E-state index contributed by atoms with van der Waals surface area (Å²) >= 11 is 0. The Kier molecular flexibility index (Phi) is 5.44. The van der Waals surface area contributed by atoms with Crippen molar-refractivity contribution >= 4 is 5.91 Å². The van der Waals surface area contributed by atoms with Gasteiger partial charge in [0.15, 0.2) is 5.60 Å². The van der Waals surface area contributed by atoms with Crippen LogP contribution in [0, 0.1) is 5.82 Å². The summed E-state index contributed by atoms with van der Waals surface area (Å²) in [6.45, 7) is 3.80. The van der Waals surface area contributed by atoms with Crippen molar-refractivity contribution in [1.82, 2.24) is 4.90 Å². The number of phenols is 1. The SMILES string of the molecule is CN(CCc1ccccc1O)C(=O)C(C)(C)Oc1ccc(F)cc1. The van der Waals surface area contributed by atoms with E-state index < -0.39 is 5.60 Å². The van der Waals surface area contributed by atoms with Crippen molar-refractivity contribution in [3.05, 3.63) is 59.9 Å². The average Bonchev–Trinajstić information content (AvgIpc) is 2.55. The molecule has 128 valence electrons. The van der Waals surface area contributed by atoms with Crippen LogP contribution in [-0.4, -0.2) is 35.1 Å². The summed E-state index contributed by atoms with van der Waals surface area (Å²) < 4.78 is 18.7. The summed E-state index contributed by atoms with van der Waals surface area (Å²) in [4.78, 5) is 14.2. The number of ether oxygens (including phenoxy) is 1. The lowest BCUT2D eigenvalue weighted by Crippen LogP contribution is -2.47. The molecule has 0 saturated carbocycles. The second kappa shape index (κ2) is 7.34. The van der Waals surface area contributed by atoms with Gasteiger partial charge in [-0.2, -0.15) is 0 Å². The Morgan fingerprint density at radius 3 is 2.42 bits per heavy atom. The van der Waals surface area contributed by atoms with E-state index in [1.54, 1.807) is 37.9 Å². The van der Waals surface area contributed by atoms with Crippen molar-refractivity contribution in [2.24, 2.45) is 0 Å². The Morgan fingerprint density at radius 2 is 1.79 bits per heavy atom. The summed E-state index contributed by atoms with van der Waals surface area (Å²) in [5.41, 5.74) is -0.292. The van der Waals surface area contributed by atoms with Crippen LogP contribution in [0.4, 0.5) is 4.39 Å². The molecule has 0 atom stereocenters. The number of hydrogen-bond donors (Lipinski definition) is 1. The number of benzene rings is 2. The Hall–Kier alpha value is -2.56. The first-order valence-electron chi connectivity index (χ1n) is 7.76. The van der Waals surface area contributed by atoms with Gasteiger partial charge in [-0.25, -0.2) is 4.39 Å². The van der Waals surface area contributed by atoms with Crippen molar-refractivity contribution in [3.8, 4) is 11.5 Å². The minimum atomic E-state index is -1.08. The molecule has 0 spiro atoms. The Morgan fingerprint density at radius 1 is 1.17 bits per heavy atom. The first kappa shape index (κ1) is 17.8. The van der Waals surface area contributed by atoms with E-state index >= 15 is 0 Å². The Labute approximate surface area is 141 Å². The van der Waals surface area contributed by atoms with Crippen LogP contribution < -0.4 is 4.74 Å². The highest BCUT2D eigenvalue weighted by Crippen LogP contribution is 2.21. The second-order valence-electron chi connectivity index (χ2n) is 6.17. The molecule has 5 heteroatoms. The minimum absolute atomic E-state index is 0.192. The van der Waals surface area contributed by atoms with Crippen LogP contribution in [0.25, 0.3) is 0 Å². The van der Waals surface area contributed by atoms with Gasteiger partial charge in [0.1, 0.15) is 17.3 Å². The standard InChI is InChI=1S/C19H22FNO3/c1-19(2,24-16-10-8-15(20)9-11-16)18(23)21(3)13-12-14-6-4-5-7-17(14)22/h4-11,22H,12-13H2,1-3H3. The highest BCUT2D eigenvalue weighted by Gasteiger charge is 2.32. The third kappa shape index (κ3) is 4.47. The molecular formula is C19H22FNO3. The van der Waals surface area contributed by atoms with Gasteiger partial charge in [0.25, 0.3) is 5.91 Å². The van der Waals surface area contributed by atoms with E-state index in [9.17, 15) is 14.3 Å². The maximum Gasteiger partial charge on any atom is 0.265 e. The van der Waals surface area contributed by atoms with Gasteiger partial charge in [0.2, 0.25) is 0 Å². The predicted octanol–water partition coefficient (Wildman–Crippen LogP) is 3.39. The molecule has 0 aromatic heterocycles. The number of phenolic OH excluding ortho intramolecular Hbond substituents is 1. The summed E-state index contributed by atoms with van der Waals surface area (Å²) in [7, 11) is 1.69. The molecule has 0 radical (unpaired) electrons. The quantitative estimate of drug-likeness (QED) is 0.883. The van der Waals surface area contributed by atoms with Gasteiger partial charge in [-0.3, -0.25) is 4.79 Å². The topological polar surface area (TPSA) is 49.8 Å². The average molecular weight is 331 g/mol. The fourth-order valence-electron chi connectivity index (χ4n) is 2.41. The van der Waals surface area contributed by atoms with Gasteiger partial charge in [0.05, 0.1) is 0 Å². The van der Waals surface area contributed by atoms with Crippen LogP contribution in [0.3, 0.4) is 0 Å². The third-order valence-corrected chi connectivity index (χ3v) is 3.76. The van der Waals surface area contributed by atoms with E-state index in [1.165, 1.54) is 24.3 Å². The smallest absolute Gasteiger partial charge is 0.265 e. The molecule has 0 heterocycles. The molecule has 1 amide bonds. The number of carbonyl (C=O) groups is 1. The van der Waals surface area contributed by atoms with Crippen LogP contribution in [0.15, 0.2) is 48.5 Å². The molecule has 0 aliphatic carbocycles. The lowest BCUT2D eigenvalue weighted by molar-refractivity contribution is -0.144. The number of carbonyl (C=O) groups excluding carboxylic acids is 1. The summed E-state index contributed by atoms with van der Waals surface area (Å²) in [5, 5.41) is 9.78. The number of para-hydroxylation sites is 1. The molecule has 0 aliphatic rings. The predicted molar refractivity (Wildman–Crippen MR) is 90.6 cm³/mol. The molecule has 0 saturated heterocycles. The van der Waals surface area contributed by atoms with Crippen molar-refractivity contribution < 1.29 is 19.0 Å². The first-order chi connectivity index (χ1) is 11.3. The van der Waals surface area contributed by atoms with E-state index in [4.69, 9.17) is 4.74 Å². The number of amides is 1. The number of likely N-dealkylation sites (N-methyl/N-ethyl adjacent to an activating group) is 1. The van der Waals surface area contributed by atoms with E-state index in [1.807, 2.05) is 12.1 Å². The summed E-state index contributed by atoms with van der Waals surface area (Å²) in [5.74, 6) is 0.109. The number of nitrogens with zero attached hydrogens (tertiary/aromatic N) is 1. The highest BCUT2D eigenvalue weighted by molar-refractivity contribution is 5.84. The normalized spacial score (nSPS) is 11.2. The summed E-state index contributed by atoms with van der Waals surface area (Å²) in [6, 6.07) is 12.6. The van der Waals surface area contributed by atoms with Crippen molar-refractivity contribution in [3.63, 3.8) is 0 Å². The molecule has 2 aromatic carbocycles. The molecule has 0 unspecified atom stereocenters. The van der Waals surface area contributed by atoms with Gasteiger partial charge in [0, 0.05) is 13.6 Å². The number of hydrogen-bond acceptors (Lipinski definition) is 3. The largest absolute Gasteiger partial charge is 0.508 e. The Balaban J connectivity index is 1.97. The monoisotopic (exact) mass is 331 g/mol. The maximum absolute atomic E-state index is 12.9.